The van der Waals surface area contributed by atoms with E-state index >= 15 is 0 Å². The number of carbonyl (C=O) groups excluding carboxylic acids is 2. The van der Waals surface area contributed by atoms with Crippen molar-refractivity contribution in [1.82, 2.24) is 9.47 Å². The Morgan fingerprint density at radius 1 is 1.36 bits per heavy atom. The molecule has 1 saturated heterocycles. The third-order valence-corrected chi connectivity index (χ3v) is 4.61. The molecule has 1 aliphatic rings. The molecule has 0 saturated carbocycles. The van der Waals surface area contributed by atoms with Crippen molar-refractivity contribution in [3.8, 4) is 6.07 Å². The Morgan fingerprint density at radius 2 is 2.16 bits per heavy atom. The maximum atomic E-state index is 12.7. The molecule has 0 bridgehead atoms. The maximum absolute atomic E-state index is 12.7. The minimum atomic E-state index is -0.242. The molecule has 1 aromatic carbocycles. The highest BCUT2D eigenvalue weighted by Gasteiger charge is 2.29. The van der Waals surface area contributed by atoms with Gasteiger partial charge in [-0.25, -0.2) is 0 Å². The monoisotopic (exact) mass is 339 g/mol. The second-order valence-corrected chi connectivity index (χ2v) is 6.23. The number of likely N-dealkylation sites (tertiary alicyclic amines) is 1. The molecule has 2 aromatic rings. The van der Waals surface area contributed by atoms with Crippen LogP contribution in [0.3, 0.4) is 0 Å². The second kappa shape index (κ2) is 7.39. The Balaban J connectivity index is 1.74. The van der Waals surface area contributed by atoms with Gasteiger partial charge in [0.1, 0.15) is 12.6 Å². The minimum Gasteiger partial charge on any atom is -0.466 e. The second-order valence-electron chi connectivity index (χ2n) is 6.23. The molecule has 1 aliphatic heterocycles. The number of nitriles is 1. The van der Waals surface area contributed by atoms with Crippen LogP contribution in [-0.2, 0) is 20.9 Å². The van der Waals surface area contributed by atoms with Gasteiger partial charge in [0.25, 0.3) is 0 Å². The maximum Gasteiger partial charge on any atom is 0.310 e. The van der Waals surface area contributed by atoms with Crippen LogP contribution >= 0.6 is 0 Å². The number of hydrogen-bond donors (Lipinski definition) is 0. The van der Waals surface area contributed by atoms with Gasteiger partial charge in [0.05, 0.1) is 18.1 Å². The van der Waals surface area contributed by atoms with E-state index in [1.165, 1.54) is 0 Å². The molecule has 1 atom stereocenters. The SMILES string of the molecule is CCOC(=O)C1CCCN(C(=O)Cn2cc(C#N)c3ccccc32)C1. The van der Waals surface area contributed by atoms with Crippen molar-refractivity contribution in [3.63, 3.8) is 0 Å². The zero-order chi connectivity index (χ0) is 17.8. The largest absolute Gasteiger partial charge is 0.466 e. The summed E-state index contributed by atoms with van der Waals surface area (Å²) in [4.78, 5) is 26.4. The van der Waals surface area contributed by atoms with Crippen molar-refractivity contribution in [2.45, 2.75) is 26.3 Å². The van der Waals surface area contributed by atoms with Crippen LogP contribution in [0.5, 0.6) is 0 Å². The summed E-state index contributed by atoms with van der Waals surface area (Å²) in [7, 11) is 0. The van der Waals surface area contributed by atoms with Gasteiger partial charge < -0.3 is 14.2 Å². The predicted octanol–water partition coefficient (Wildman–Crippen LogP) is 2.31. The Hall–Kier alpha value is -2.81. The van der Waals surface area contributed by atoms with E-state index in [4.69, 9.17) is 4.74 Å². The highest BCUT2D eigenvalue weighted by Crippen LogP contribution is 2.22. The molecule has 0 radical (unpaired) electrons. The molecule has 130 valence electrons. The van der Waals surface area contributed by atoms with E-state index in [1.807, 2.05) is 28.8 Å². The third-order valence-electron chi connectivity index (χ3n) is 4.61. The molecule has 2 heterocycles. The summed E-state index contributed by atoms with van der Waals surface area (Å²) < 4.78 is 6.89. The molecule has 25 heavy (non-hydrogen) atoms. The fourth-order valence-corrected chi connectivity index (χ4v) is 3.37. The molecule has 0 N–H and O–H groups in total. The number of para-hydroxylation sites is 1. The van der Waals surface area contributed by atoms with Crippen LogP contribution in [0.2, 0.25) is 0 Å². The number of esters is 1. The van der Waals surface area contributed by atoms with Crippen LogP contribution in [0.4, 0.5) is 0 Å². The molecule has 6 heteroatoms. The molecule has 0 spiro atoms. The van der Waals surface area contributed by atoms with Gasteiger partial charge in [0.2, 0.25) is 5.91 Å². The van der Waals surface area contributed by atoms with Crippen molar-refractivity contribution in [2.75, 3.05) is 19.7 Å². The summed E-state index contributed by atoms with van der Waals surface area (Å²) in [5, 5.41) is 10.1. The molecular formula is C19H21N3O3. The zero-order valence-electron chi connectivity index (χ0n) is 14.3. The van der Waals surface area contributed by atoms with Crippen LogP contribution in [0.15, 0.2) is 30.5 Å². The highest BCUT2D eigenvalue weighted by atomic mass is 16.5. The molecule has 6 nitrogen and oxygen atoms in total. The van der Waals surface area contributed by atoms with E-state index in [0.29, 0.717) is 25.3 Å². The lowest BCUT2D eigenvalue weighted by Gasteiger charge is -2.31. The number of benzene rings is 1. The van der Waals surface area contributed by atoms with Crippen molar-refractivity contribution >= 4 is 22.8 Å². The molecular weight excluding hydrogens is 318 g/mol. The highest BCUT2D eigenvalue weighted by molar-refractivity contribution is 5.88. The average molecular weight is 339 g/mol. The van der Waals surface area contributed by atoms with Gasteiger partial charge in [-0.15, -0.1) is 0 Å². The zero-order valence-corrected chi connectivity index (χ0v) is 14.3. The van der Waals surface area contributed by atoms with Gasteiger partial charge in [-0.05, 0) is 25.8 Å². The smallest absolute Gasteiger partial charge is 0.310 e. The first-order chi connectivity index (χ1) is 12.1. The summed E-state index contributed by atoms with van der Waals surface area (Å²) in [6, 6.07) is 9.73. The standard InChI is InChI=1S/C19H21N3O3/c1-2-25-19(24)14-6-5-9-21(11-14)18(23)13-22-12-15(10-20)16-7-3-4-8-17(16)22/h3-4,7-8,12,14H,2,5-6,9,11,13H2,1H3. The van der Waals surface area contributed by atoms with Crippen molar-refractivity contribution in [1.29, 1.82) is 5.26 Å². The lowest BCUT2D eigenvalue weighted by atomic mass is 9.98. The lowest BCUT2D eigenvalue weighted by molar-refractivity contribution is -0.151. The number of ether oxygens (including phenoxy) is 1. The summed E-state index contributed by atoms with van der Waals surface area (Å²) >= 11 is 0. The minimum absolute atomic E-state index is 0.0424. The number of amides is 1. The van der Waals surface area contributed by atoms with Crippen LogP contribution in [0.25, 0.3) is 10.9 Å². The van der Waals surface area contributed by atoms with Gasteiger partial charge >= 0.3 is 5.97 Å². The number of fused-ring (bicyclic) bond motifs is 1. The van der Waals surface area contributed by atoms with Gasteiger partial charge in [-0.3, -0.25) is 9.59 Å². The summed E-state index contributed by atoms with van der Waals surface area (Å²) in [5.74, 6) is -0.508. The fourth-order valence-electron chi connectivity index (χ4n) is 3.37. The predicted molar refractivity (Wildman–Crippen MR) is 92.6 cm³/mol. The van der Waals surface area contributed by atoms with Crippen LogP contribution in [-0.4, -0.2) is 41.0 Å². The quantitative estimate of drug-likeness (QED) is 0.801. The van der Waals surface area contributed by atoms with Crippen LogP contribution in [0.1, 0.15) is 25.3 Å². The summed E-state index contributed by atoms with van der Waals surface area (Å²) in [6.07, 6.45) is 3.27. The van der Waals surface area contributed by atoms with E-state index in [2.05, 4.69) is 6.07 Å². The van der Waals surface area contributed by atoms with Gasteiger partial charge in [0, 0.05) is 30.2 Å². The van der Waals surface area contributed by atoms with Crippen molar-refractivity contribution < 1.29 is 14.3 Å². The van der Waals surface area contributed by atoms with Crippen LogP contribution in [0, 0.1) is 17.2 Å². The molecule has 3 rings (SSSR count). The average Bonchev–Trinajstić information content (AvgIpc) is 3.00. The van der Waals surface area contributed by atoms with Crippen molar-refractivity contribution in [3.05, 3.63) is 36.0 Å². The number of nitrogens with zero attached hydrogens (tertiary/aromatic N) is 3. The summed E-state index contributed by atoms with van der Waals surface area (Å²) in [6.45, 7) is 3.36. The molecule has 1 amide bonds. The van der Waals surface area contributed by atoms with E-state index < -0.39 is 0 Å². The fraction of sp³-hybridized carbons (Fsp3) is 0.421. The lowest BCUT2D eigenvalue weighted by Crippen LogP contribution is -2.44. The Labute approximate surface area is 146 Å². The first kappa shape index (κ1) is 17.0. The third kappa shape index (κ3) is 3.50. The Bertz CT molecular complexity index is 834. The number of hydrogen-bond acceptors (Lipinski definition) is 4. The van der Waals surface area contributed by atoms with Gasteiger partial charge in [-0.2, -0.15) is 5.26 Å². The Morgan fingerprint density at radius 3 is 2.92 bits per heavy atom. The molecule has 1 unspecified atom stereocenters. The normalized spacial score (nSPS) is 17.3. The molecule has 1 aromatic heterocycles. The van der Waals surface area contributed by atoms with E-state index in [-0.39, 0.29) is 24.3 Å². The summed E-state index contributed by atoms with van der Waals surface area (Å²) in [5.41, 5.74) is 1.43. The van der Waals surface area contributed by atoms with Crippen LogP contribution < -0.4 is 0 Å². The van der Waals surface area contributed by atoms with E-state index in [1.54, 1.807) is 18.0 Å². The van der Waals surface area contributed by atoms with Gasteiger partial charge in [0.15, 0.2) is 0 Å². The Kier molecular flexibility index (Phi) is 5.03. The number of carbonyl (C=O) groups is 2. The van der Waals surface area contributed by atoms with Crippen molar-refractivity contribution in [2.24, 2.45) is 5.92 Å². The number of rotatable bonds is 4. The van der Waals surface area contributed by atoms with Gasteiger partial charge in [-0.1, -0.05) is 18.2 Å². The molecule has 0 aliphatic carbocycles. The number of piperidine rings is 1. The molecule has 1 fully saturated rings. The first-order valence-electron chi connectivity index (χ1n) is 8.56. The first-order valence-corrected chi connectivity index (χ1v) is 8.56. The van der Waals surface area contributed by atoms with E-state index in [0.717, 1.165) is 23.7 Å². The van der Waals surface area contributed by atoms with E-state index in [9.17, 15) is 14.9 Å². The number of aromatic nitrogens is 1. The topological polar surface area (TPSA) is 75.3 Å².